The van der Waals surface area contributed by atoms with E-state index in [0.29, 0.717) is 41.0 Å². The standard InChI is InChI=1S/C25H24N4O2S/c30-24(26-16-25(31)11-12-32-17-25)20-13-22(19-9-5-2-6-10-19)28-23-21(20)14-27-29(23)15-18-7-3-1-4-8-18/h1-10,13-14,31H,11-12,15-17H2,(H,26,30). The molecule has 1 atom stereocenters. The molecule has 1 aliphatic heterocycles. The average molecular weight is 445 g/mol. The minimum Gasteiger partial charge on any atom is -0.387 e. The molecular weight excluding hydrogens is 420 g/mol. The lowest BCUT2D eigenvalue weighted by Crippen LogP contribution is -2.43. The molecule has 3 heterocycles. The maximum atomic E-state index is 13.2. The van der Waals surface area contributed by atoms with Crippen molar-refractivity contribution in [3.05, 3.63) is 84.1 Å². The number of hydrogen-bond acceptors (Lipinski definition) is 5. The minimum atomic E-state index is -0.841. The summed E-state index contributed by atoms with van der Waals surface area (Å²) in [7, 11) is 0. The van der Waals surface area contributed by atoms with Crippen molar-refractivity contribution in [3.63, 3.8) is 0 Å². The second kappa shape index (κ2) is 8.76. The minimum absolute atomic E-state index is 0.223. The molecule has 6 nitrogen and oxygen atoms in total. The molecule has 7 heteroatoms. The maximum absolute atomic E-state index is 13.2. The summed E-state index contributed by atoms with van der Waals surface area (Å²) in [6.07, 6.45) is 2.39. The first-order valence-electron chi connectivity index (χ1n) is 10.7. The highest BCUT2D eigenvalue weighted by Crippen LogP contribution is 2.28. The number of nitrogens with zero attached hydrogens (tertiary/aromatic N) is 3. The van der Waals surface area contributed by atoms with Gasteiger partial charge in [-0.2, -0.15) is 16.9 Å². The van der Waals surface area contributed by atoms with E-state index in [4.69, 9.17) is 4.98 Å². The number of carbonyl (C=O) groups excluding carboxylic acids is 1. The van der Waals surface area contributed by atoms with Crippen LogP contribution in [0.1, 0.15) is 22.3 Å². The number of thioether (sulfide) groups is 1. The van der Waals surface area contributed by atoms with Crippen LogP contribution < -0.4 is 5.32 Å². The van der Waals surface area contributed by atoms with Crippen LogP contribution in [0.3, 0.4) is 0 Å². The van der Waals surface area contributed by atoms with Crippen molar-refractivity contribution >= 4 is 28.7 Å². The van der Waals surface area contributed by atoms with E-state index in [1.54, 1.807) is 18.0 Å². The van der Waals surface area contributed by atoms with Crippen LogP contribution in [-0.4, -0.2) is 49.4 Å². The van der Waals surface area contributed by atoms with Gasteiger partial charge < -0.3 is 10.4 Å². The van der Waals surface area contributed by atoms with Crippen LogP contribution in [0.25, 0.3) is 22.3 Å². The van der Waals surface area contributed by atoms with Crippen molar-refractivity contribution in [2.45, 2.75) is 18.6 Å². The molecule has 0 bridgehead atoms. The van der Waals surface area contributed by atoms with Gasteiger partial charge in [-0.25, -0.2) is 9.67 Å². The SMILES string of the molecule is O=C(NCC1(O)CCSC1)c1cc(-c2ccccc2)nc2c1cnn2Cc1ccccc1. The van der Waals surface area contributed by atoms with Gasteiger partial charge in [-0.05, 0) is 23.8 Å². The van der Waals surface area contributed by atoms with Crippen LogP contribution in [0.2, 0.25) is 0 Å². The Labute approximate surface area is 190 Å². The predicted octanol–water partition coefficient (Wildman–Crippen LogP) is 3.74. The van der Waals surface area contributed by atoms with E-state index < -0.39 is 5.60 Å². The molecule has 2 aromatic heterocycles. The van der Waals surface area contributed by atoms with Crippen molar-refractivity contribution < 1.29 is 9.90 Å². The maximum Gasteiger partial charge on any atom is 0.252 e. The van der Waals surface area contributed by atoms with Gasteiger partial charge >= 0.3 is 0 Å². The van der Waals surface area contributed by atoms with E-state index in [9.17, 15) is 9.90 Å². The number of nitrogens with one attached hydrogen (secondary N) is 1. The van der Waals surface area contributed by atoms with Crippen molar-refractivity contribution in [3.8, 4) is 11.3 Å². The van der Waals surface area contributed by atoms with Crippen LogP contribution in [0.5, 0.6) is 0 Å². The van der Waals surface area contributed by atoms with E-state index >= 15 is 0 Å². The van der Waals surface area contributed by atoms with Gasteiger partial charge in [0.15, 0.2) is 5.65 Å². The number of rotatable bonds is 6. The molecular formula is C25H24N4O2S. The Morgan fingerprint density at radius 1 is 1.12 bits per heavy atom. The molecule has 1 unspecified atom stereocenters. The highest BCUT2D eigenvalue weighted by molar-refractivity contribution is 7.99. The first-order chi connectivity index (χ1) is 15.6. The number of amides is 1. The first kappa shape index (κ1) is 20.7. The van der Waals surface area contributed by atoms with Crippen molar-refractivity contribution in [2.24, 2.45) is 0 Å². The molecule has 1 saturated heterocycles. The fourth-order valence-electron chi connectivity index (χ4n) is 3.94. The normalized spacial score (nSPS) is 18.2. The van der Waals surface area contributed by atoms with Gasteiger partial charge in [-0.3, -0.25) is 4.79 Å². The van der Waals surface area contributed by atoms with Crippen molar-refractivity contribution in [1.29, 1.82) is 0 Å². The largest absolute Gasteiger partial charge is 0.387 e. The predicted molar refractivity (Wildman–Crippen MR) is 128 cm³/mol. The van der Waals surface area contributed by atoms with Gasteiger partial charge in [-0.1, -0.05) is 60.7 Å². The van der Waals surface area contributed by atoms with E-state index in [1.807, 2.05) is 71.4 Å². The van der Waals surface area contributed by atoms with Gasteiger partial charge in [0.25, 0.3) is 5.91 Å². The Morgan fingerprint density at radius 2 is 1.88 bits per heavy atom. The van der Waals surface area contributed by atoms with Crippen LogP contribution in [0.15, 0.2) is 72.9 Å². The van der Waals surface area contributed by atoms with Gasteiger partial charge in [-0.15, -0.1) is 0 Å². The van der Waals surface area contributed by atoms with Gasteiger partial charge in [0.1, 0.15) is 0 Å². The van der Waals surface area contributed by atoms with E-state index in [1.165, 1.54) is 0 Å². The lowest BCUT2D eigenvalue weighted by molar-refractivity contribution is 0.0613. The van der Waals surface area contributed by atoms with E-state index in [0.717, 1.165) is 16.9 Å². The monoisotopic (exact) mass is 444 g/mol. The third-order valence-corrected chi connectivity index (χ3v) is 6.99. The van der Waals surface area contributed by atoms with Gasteiger partial charge in [0.2, 0.25) is 0 Å². The third-order valence-electron chi connectivity index (χ3n) is 5.76. The summed E-state index contributed by atoms with van der Waals surface area (Å²) in [5, 5.41) is 18.8. The molecule has 0 saturated carbocycles. The number of pyridine rings is 1. The molecule has 32 heavy (non-hydrogen) atoms. The zero-order valence-corrected chi connectivity index (χ0v) is 18.4. The fraction of sp³-hybridized carbons (Fsp3) is 0.240. The van der Waals surface area contributed by atoms with Crippen molar-refractivity contribution in [2.75, 3.05) is 18.1 Å². The molecule has 1 fully saturated rings. The summed E-state index contributed by atoms with van der Waals surface area (Å²) in [5.41, 5.74) is 3.09. The highest BCUT2D eigenvalue weighted by Gasteiger charge is 2.32. The number of carbonyl (C=O) groups is 1. The Kier molecular flexibility index (Phi) is 5.68. The summed E-state index contributed by atoms with van der Waals surface area (Å²) in [5.74, 6) is 1.33. The first-order valence-corrected chi connectivity index (χ1v) is 11.8. The van der Waals surface area contributed by atoms with Gasteiger partial charge in [0, 0.05) is 17.9 Å². The van der Waals surface area contributed by atoms with Crippen molar-refractivity contribution in [1.82, 2.24) is 20.1 Å². The van der Waals surface area contributed by atoms with Crippen LogP contribution in [-0.2, 0) is 6.54 Å². The highest BCUT2D eigenvalue weighted by atomic mass is 32.2. The third kappa shape index (κ3) is 4.26. The summed E-state index contributed by atoms with van der Waals surface area (Å²) < 4.78 is 1.83. The Morgan fingerprint density at radius 3 is 2.59 bits per heavy atom. The number of aromatic nitrogens is 3. The van der Waals surface area contributed by atoms with Crippen LogP contribution in [0, 0.1) is 0 Å². The quantitative estimate of drug-likeness (QED) is 0.474. The number of benzene rings is 2. The smallest absolute Gasteiger partial charge is 0.252 e. The molecule has 2 aromatic carbocycles. The molecule has 1 amide bonds. The summed E-state index contributed by atoms with van der Waals surface area (Å²) >= 11 is 1.71. The number of aliphatic hydroxyl groups is 1. The number of hydrogen-bond donors (Lipinski definition) is 2. The molecule has 162 valence electrons. The molecule has 1 aliphatic rings. The Hall–Kier alpha value is -3.16. The van der Waals surface area contributed by atoms with E-state index in [2.05, 4.69) is 10.4 Å². The lowest BCUT2D eigenvalue weighted by Gasteiger charge is -2.21. The van der Waals surface area contributed by atoms with Gasteiger partial charge in [0.05, 0.1) is 35.0 Å². The molecule has 4 aromatic rings. The zero-order chi connectivity index (χ0) is 22.0. The second-order valence-electron chi connectivity index (χ2n) is 8.16. The lowest BCUT2D eigenvalue weighted by atomic mass is 10.0. The summed E-state index contributed by atoms with van der Waals surface area (Å²) in [6.45, 7) is 0.801. The average Bonchev–Trinajstić information content (AvgIpc) is 3.45. The Bertz CT molecular complexity index is 1240. The topological polar surface area (TPSA) is 80.0 Å². The Balaban J connectivity index is 1.54. The zero-order valence-electron chi connectivity index (χ0n) is 17.6. The summed E-state index contributed by atoms with van der Waals surface area (Å²) in [6, 6.07) is 21.7. The summed E-state index contributed by atoms with van der Waals surface area (Å²) in [4.78, 5) is 18.1. The van der Waals surface area contributed by atoms with Crippen LogP contribution in [0.4, 0.5) is 0 Å². The van der Waals surface area contributed by atoms with E-state index in [-0.39, 0.29) is 12.5 Å². The number of fused-ring (bicyclic) bond motifs is 1. The molecule has 2 N–H and O–H groups in total. The molecule has 5 rings (SSSR count). The fourth-order valence-corrected chi connectivity index (χ4v) is 5.24. The molecule has 0 aliphatic carbocycles. The molecule has 0 radical (unpaired) electrons. The molecule has 0 spiro atoms. The van der Waals surface area contributed by atoms with Crippen LogP contribution >= 0.6 is 11.8 Å². The second-order valence-corrected chi connectivity index (χ2v) is 9.26.